The molecule has 0 amide bonds. The van der Waals surface area contributed by atoms with E-state index in [9.17, 15) is 0 Å². The molecule has 1 aromatic heterocycles. The van der Waals surface area contributed by atoms with Crippen molar-refractivity contribution in [2.45, 2.75) is 27.3 Å². The molecule has 0 unspecified atom stereocenters. The molecule has 3 nitrogen and oxygen atoms in total. The van der Waals surface area contributed by atoms with Crippen LogP contribution in [0, 0.1) is 12.8 Å². The van der Waals surface area contributed by atoms with Crippen molar-refractivity contribution in [3.63, 3.8) is 0 Å². The van der Waals surface area contributed by atoms with Gasteiger partial charge < -0.3 is 10.1 Å². The molecule has 2 aromatic rings. The molecule has 1 aromatic carbocycles. The van der Waals surface area contributed by atoms with Gasteiger partial charge in [-0.05, 0) is 48.7 Å². The minimum absolute atomic E-state index is 0.591. The second kappa shape index (κ2) is 7.43. The maximum Gasteiger partial charge on any atom is 0.219 e. The molecule has 0 bridgehead atoms. The molecule has 2 rings (SSSR count). The van der Waals surface area contributed by atoms with Crippen molar-refractivity contribution in [2.75, 3.05) is 6.54 Å². The van der Waals surface area contributed by atoms with Crippen LogP contribution in [0.15, 0.2) is 36.5 Å². The predicted octanol–water partition coefficient (Wildman–Crippen LogP) is 4.58. The highest BCUT2D eigenvalue weighted by Crippen LogP contribution is 2.26. The Morgan fingerprint density at radius 2 is 2.05 bits per heavy atom. The van der Waals surface area contributed by atoms with Gasteiger partial charge in [-0.1, -0.05) is 31.5 Å². The lowest BCUT2D eigenvalue weighted by atomic mass is 10.2. The van der Waals surface area contributed by atoms with Crippen molar-refractivity contribution in [1.29, 1.82) is 0 Å². The molecule has 112 valence electrons. The zero-order valence-corrected chi connectivity index (χ0v) is 13.4. The number of hydrogen-bond acceptors (Lipinski definition) is 3. The topological polar surface area (TPSA) is 34.1 Å². The Kier molecular flexibility index (Phi) is 5.59. The van der Waals surface area contributed by atoms with Gasteiger partial charge in [0.05, 0.1) is 0 Å². The van der Waals surface area contributed by atoms with Gasteiger partial charge in [0.15, 0.2) is 0 Å². The smallest absolute Gasteiger partial charge is 0.219 e. The van der Waals surface area contributed by atoms with E-state index in [1.54, 1.807) is 0 Å². The normalized spacial score (nSPS) is 10.9. The zero-order chi connectivity index (χ0) is 15.2. The van der Waals surface area contributed by atoms with Crippen LogP contribution in [0.4, 0.5) is 0 Å². The monoisotopic (exact) mass is 304 g/mol. The molecule has 0 aliphatic rings. The number of nitrogens with one attached hydrogen (secondary N) is 1. The Bertz CT molecular complexity index is 582. The van der Waals surface area contributed by atoms with E-state index in [1.165, 1.54) is 0 Å². The lowest BCUT2D eigenvalue weighted by molar-refractivity contribution is 0.458. The van der Waals surface area contributed by atoms with E-state index in [1.807, 2.05) is 43.5 Å². The zero-order valence-electron chi connectivity index (χ0n) is 12.7. The first-order chi connectivity index (χ1) is 10.0. The van der Waals surface area contributed by atoms with Crippen LogP contribution in [-0.2, 0) is 6.54 Å². The fourth-order valence-electron chi connectivity index (χ4n) is 1.92. The highest BCUT2D eigenvalue weighted by molar-refractivity contribution is 6.30. The van der Waals surface area contributed by atoms with Gasteiger partial charge in [-0.3, -0.25) is 0 Å². The maximum atomic E-state index is 5.93. The summed E-state index contributed by atoms with van der Waals surface area (Å²) in [6.07, 6.45) is 1.84. The number of pyridine rings is 1. The third kappa shape index (κ3) is 5.03. The second-order valence-electron chi connectivity index (χ2n) is 5.54. The summed E-state index contributed by atoms with van der Waals surface area (Å²) in [5, 5.41) is 4.10. The molecule has 0 fully saturated rings. The first-order valence-electron chi connectivity index (χ1n) is 7.14. The molecule has 0 aliphatic heterocycles. The first-order valence-corrected chi connectivity index (χ1v) is 7.52. The molecular weight excluding hydrogens is 284 g/mol. The summed E-state index contributed by atoms with van der Waals surface area (Å²) in [5.74, 6) is 2.01. The molecule has 0 saturated heterocycles. The minimum Gasteiger partial charge on any atom is -0.439 e. The van der Waals surface area contributed by atoms with Gasteiger partial charge in [0, 0.05) is 23.8 Å². The Hall–Kier alpha value is -1.58. The van der Waals surface area contributed by atoms with Gasteiger partial charge >= 0.3 is 0 Å². The summed E-state index contributed by atoms with van der Waals surface area (Å²) in [6.45, 7) is 8.17. The van der Waals surface area contributed by atoms with Gasteiger partial charge in [-0.25, -0.2) is 4.98 Å². The summed E-state index contributed by atoms with van der Waals surface area (Å²) in [6, 6.07) is 9.47. The van der Waals surface area contributed by atoms with E-state index in [0.717, 1.165) is 30.0 Å². The Morgan fingerprint density at radius 1 is 1.24 bits per heavy atom. The van der Waals surface area contributed by atoms with Crippen molar-refractivity contribution in [2.24, 2.45) is 5.92 Å². The van der Waals surface area contributed by atoms with Gasteiger partial charge in [0.2, 0.25) is 5.88 Å². The Labute approximate surface area is 131 Å². The van der Waals surface area contributed by atoms with Crippen LogP contribution < -0.4 is 10.1 Å². The van der Waals surface area contributed by atoms with E-state index in [4.69, 9.17) is 16.3 Å². The largest absolute Gasteiger partial charge is 0.439 e. The minimum atomic E-state index is 0.591. The molecule has 0 saturated carbocycles. The van der Waals surface area contributed by atoms with Crippen LogP contribution in [0.2, 0.25) is 5.02 Å². The van der Waals surface area contributed by atoms with Crippen molar-refractivity contribution >= 4 is 11.6 Å². The number of ether oxygens (including phenoxy) is 1. The van der Waals surface area contributed by atoms with Crippen LogP contribution in [-0.4, -0.2) is 11.5 Å². The number of nitrogens with zero attached hydrogens (tertiary/aromatic N) is 1. The van der Waals surface area contributed by atoms with Crippen LogP contribution in [0.25, 0.3) is 0 Å². The average Bonchev–Trinajstić information content (AvgIpc) is 2.43. The highest BCUT2D eigenvalue weighted by atomic mass is 35.5. The van der Waals surface area contributed by atoms with E-state index in [2.05, 4.69) is 24.1 Å². The number of benzene rings is 1. The summed E-state index contributed by atoms with van der Waals surface area (Å²) < 4.78 is 5.77. The van der Waals surface area contributed by atoms with Crippen LogP contribution in [0.3, 0.4) is 0 Å². The fraction of sp³-hybridized carbons (Fsp3) is 0.353. The van der Waals surface area contributed by atoms with E-state index >= 15 is 0 Å². The Morgan fingerprint density at radius 3 is 2.67 bits per heavy atom. The summed E-state index contributed by atoms with van der Waals surface area (Å²) in [5.41, 5.74) is 2.14. The summed E-state index contributed by atoms with van der Waals surface area (Å²) in [4.78, 5) is 4.34. The van der Waals surface area contributed by atoms with E-state index in [-0.39, 0.29) is 0 Å². The standard InChI is InChI=1S/C17H21ClN2O/c1-12(2)9-19-10-14-4-7-17(20-11-14)21-16-6-5-15(18)8-13(16)3/h4-8,11-12,19H,9-10H2,1-3H3. The van der Waals surface area contributed by atoms with Gasteiger partial charge in [-0.15, -0.1) is 0 Å². The lowest BCUT2D eigenvalue weighted by Gasteiger charge is -2.10. The molecule has 1 heterocycles. The highest BCUT2D eigenvalue weighted by Gasteiger charge is 2.03. The van der Waals surface area contributed by atoms with Gasteiger partial charge in [0.25, 0.3) is 0 Å². The van der Waals surface area contributed by atoms with Crippen LogP contribution >= 0.6 is 11.6 Å². The lowest BCUT2D eigenvalue weighted by Crippen LogP contribution is -2.18. The Balaban J connectivity index is 1.95. The summed E-state index contributed by atoms with van der Waals surface area (Å²) in [7, 11) is 0. The maximum absolute atomic E-state index is 5.93. The first kappa shape index (κ1) is 15.8. The molecular formula is C17H21ClN2O. The predicted molar refractivity (Wildman–Crippen MR) is 87.0 cm³/mol. The average molecular weight is 305 g/mol. The number of aryl methyl sites for hydroxylation is 1. The third-order valence-corrected chi connectivity index (χ3v) is 3.27. The van der Waals surface area contributed by atoms with E-state index in [0.29, 0.717) is 16.8 Å². The van der Waals surface area contributed by atoms with Crippen LogP contribution in [0.1, 0.15) is 25.0 Å². The molecule has 0 radical (unpaired) electrons. The molecule has 4 heteroatoms. The number of hydrogen-bond donors (Lipinski definition) is 1. The fourth-order valence-corrected chi connectivity index (χ4v) is 2.15. The quantitative estimate of drug-likeness (QED) is 0.848. The van der Waals surface area contributed by atoms with Crippen molar-refractivity contribution < 1.29 is 4.74 Å². The molecule has 21 heavy (non-hydrogen) atoms. The van der Waals surface area contributed by atoms with Gasteiger partial charge in [-0.2, -0.15) is 0 Å². The second-order valence-corrected chi connectivity index (χ2v) is 5.98. The molecule has 0 aliphatic carbocycles. The summed E-state index contributed by atoms with van der Waals surface area (Å²) >= 11 is 5.93. The molecule has 1 N–H and O–H groups in total. The molecule has 0 atom stereocenters. The molecule has 0 spiro atoms. The van der Waals surface area contributed by atoms with Crippen molar-refractivity contribution in [3.05, 3.63) is 52.7 Å². The third-order valence-electron chi connectivity index (χ3n) is 3.03. The number of rotatable bonds is 6. The van der Waals surface area contributed by atoms with Crippen LogP contribution in [0.5, 0.6) is 11.6 Å². The SMILES string of the molecule is Cc1cc(Cl)ccc1Oc1ccc(CNCC(C)C)cn1. The van der Waals surface area contributed by atoms with Gasteiger partial charge in [0.1, 0.15) is 5.75 Å². The van der Waals surface area contributed by atoms with Crippen molar-refractivity contribution in [1.82, 2.24) is 10.3 Å². The number of halogens is 1. The number of aromatic nitrogens is 1. The van der Waals surface area contributed by atoms with Crippen molar-refractivity contribution in [3.8, 4) is 11.6 Å². The van der Waals surface area contributed by atoms with E-state index < -0.39 is 0 Å².